The molecule has 2 amide bonds. The first-order valence-electron chi connectivity index (χ1n) is 10.5. The maximum atomic E-state index is 12.2. The van der Waals surface area contributed by atoms with Crippen LogP contribution in [0.15, 0.2) is 65.8 Å². The monoisotopic (exact) mass is 515 g/mol. The highest BCUT2D eigenvalue weighted by Gasteiger charge is 2.16. The Kier molecular flexibility index (Phi) is 9.34. The molecule has 0 aliphatic carbocycles. The molecule has 3 aromatic carbocycles. The van der Waals surface area contributed by atoms with E-state index in [1.54, 1.807) is 48.5 Å². The van der Waals surface area contributed by atoms with Gasteiger partial charge in [-0.1, -0.05) is 47.5 Å². The second-order valence-electron chi connectivity index (χ2n) is 7.03. The van der Waals surface area contributed by atoms with E-state index in [1.807, 2.05) is 19.1 Å². The van der Waals surface area contributed by atoms with Gasteiger partial charge < -0.3 is 19.5 Å². The van der Waals surface area contributed by atoms with Crippen molar-refractivity contribution in [2.75, 3.05) is 19.0 Å². The number of benzene rings is 3. The standard InChI is InChI=1S/C25H23Cl2N3O5/c1-3-34-21-7-5-4-6-20(21)29-24(31)25(32)30-28-14-17-12-19(27)23(22(13-17)33-2)35-15-16-8-10-18(26)11-9-16/h4-14H,3,15H2,1-2H3,(H,29,31)(H,30,32)/b28-14-. The number of carbonyl (C=O) groups excluding carboxylic acids is 2. The Morgan fingerprint density at radius 1 is 0.971 bits per heavy atom. The van der Waals surface area contributed by atoms with Gasteiger partial charge in [0.1, 0.15) is 12.4 Å². The number of carbonyl (C=O) groups is 2. The van der Waals surface area contributed by atoms with Crippen LogP contribution in [0.1, 0.15) is 18.1 Å². The minimum Gasteiger partial charge on any atom is -0.493 e. The molecule has 0 atom stereocenters. The van der Waals surface area contributed by atoms with E-state index in [9.17, 15) is 9.59 Å². The van der Waals surface area contributed by atoms with Crippen molar-refractivity contribution in [3.05, 3.63) is 81.8 Å². The van der Waals surface area contributed by atoms with E-state index in [0.29, 0.717) is 40.1 Å². The number of hydrogen-bond donors (Lipinski definition) is 2. The molecular formula is C25H23Cl2N3O5. The number of hydrazone groups is 1. The fraction of sp³-hybridized carbons (Fsp3) is 0.160. The fourth-order valence-corrected chi connectivity index (χ4v) is 3.34. The van der Waals surface area contributed by atoms with Crippen LogP contribution in [0, 0.1) is 0 Å². The van der Waals surface area contributed by atoms with Gasteiger partial charge in [0.15, 0.2) is 11.5 Å². The fourth-order valence-electron chi connectivity index (χ4n) is 2.94. The highest BCUT2D eigenvalue weighted by molar-refractivity contribution is 6.39. The van der Waals surface area contributed by atoms with Crippen LogP contribution in [0.3, 0.4) is 0 Å². The summed E-state index contributed by atoms with van der Waals surface area (Å²) in [5.41, 5.74) is 3.98. The lowest BCUT2D eigenvalue weighted by atomic mass is 10.2. The summed E-state index contributed by atoms with van der Waals surface area (Å²) in [7, 11) is 1.48. The molecular weight excluding hydrogens is 493 g/mol. The average Bonchev–Trinajstić information content (AvgIpc) is 2.85. The Morgan fingerprint density at radius 3 is 2.43 bits per heavy atom. The van der Waals surface area contributed by atoms with Gasteiger partial charge in [0.2, 0.25) is 0 Å². The zero-order valence-corrected chi connectivity index (χ0v) is 20.5. The van der Waals surface area contributed by atoms with E-state index < -0.39 is 11.8 Å². The lowest BCUT2D eigenvalue weighted by Gasteiger charge is -2.13. The van der Waals surface area contributed by atoms with Gasteiger partial charge in [-0.3, -0.25) is 9.59 Å². The minimum absolute atomic E-state index is 0.262. The molecule has 0 radical (unpaired) electrons. The third-order valence-electron chi connectivity index (χ3n) is 4.57. The summed E-state index contributed by atoms with van der Waals surface area (Å²) in [5.74, 6) is -0.647. The summed E-state index contributed by atoms with van der Waals surface area (Å²) in [6.45, 7) is 2.50. The van der Waals surface area contributed by atoms with E-state index in [1.165, 1.54) is 13.3 Å². The summed E-state index contributed by atoms with van der Waals surface area (Å²) < 4.78 is 16.6. The lowest BCUT2D eigenvalue weighted by molar-refractivity contribution is -0.136. The molecule has 0 saturated heterocycles. The van der Waals surface area contributed by atoms with Gasteiger partial charge in [-0.25, -0.2) is 5.43 Å². The van der Waals surface area contributed by atoms with Crippen LogP contribution in [0.2, 0.25) is 10.0 Å². The molecule has 3 aromatic rings. The molecule has 0 fully saturated rings. The van der Waals surface area contributed by atoms with Crippen molar-refractivity contribution in [1.82, 2.24) is 5.43 Å². The summed E-state index contributed by atoms with van der Waals surface area (Å²) in [5, 5.41) is 7.24. The normalized spacial score (nSPS) is 10.6. The zero-order chi connectivity index (χ0) is 25.2. The van der Waals surface area contributed by atoms with Gasteiger partial charge in [-0.05, 0) is 54.4 Å². The molecule has 2 N–H and O–H groups in total. The molecule has 0 aliphatic rings. The molecule has 182 valence electrons. The van der Waals surface area contributed by atoms with Gasteiger partial charge >= 0.3 is 11.8 Å². The van der Waals surface area contributed by atoms with Crippen molar-refractivity contribution in [2.45, 2.75) is 13.5 Å². The molecule has 0 bridgehead atoms. The van der Waals surface area contributed by atoms with Gasteiger partial charge in [0.25, 0.3) is 0 Å². The van der Waals surface area contributed by atoms with Gasteiger partial charge in [0, 0.05) is 5.02 Å². The molecule has 0 spiro atoms. The maximum absolute atomic E-state index is 12.2. The van der Waals surface area contributed by atoms with Crippen molar-refractivity contribution in [1.29, 1.82) is 0 Å². The number of hydrogen-bond acceptors (Lipinski definition) is 6. The molecule has 35 heavy (non-hydrogen) atoms. The third kappa shape index (κ3) is 7.37. The van der Waals surface area contributed by atoms with Crippen LogP contribution < -0.4 is 25.0 Å². The molecule has 3 rings (SSSR count). The Bertz CT molecular complexity index is 1220. The number of halogens is 2. The number of nitrogens with one attached hydrogen (secondary N) is 2. The summed E-state index contributed by atoms with van der Waals surface area (Å²) in [6.07, 6.45) is 1.33. The van der Waals surface area contributed by atoms with Crippen LogP contribution in [0.25, 0.3) is 0 Å². The predicted molar refractivity (Wildman–Crippen MR) is 136 cm³/mol. The Morgan fingerprint density at radius 2 is 1.71 bits per heavy atom. The predicted octanol–water partition coefficient (Wildman–Crippen LogP) is 5.07. The second kappa shape index (κ2) is 12.6. The van der Waals surface area contributed by atoms with Crippen LogP contribution in [0.4, 0.5) is 5.69 Å². The minimum atomic E-state index is -0.950. The highest BCUT2D eigenvalue weighted by Crippen LogP contribution is 2.36. The molecule has 0 aliphatic heterocycles. The first-order valence-corrected chi connectivity index (χ1v) is 11.3. The quantitative estimate of drug-likeness (QED) is 0.235. The number of rotatable bonds is 9. The average molecular weight is 516 g/mol. The van der Waals surface area contributed by atoms with Crippen molar-refractivity contribution in [3.8, 4) is 17.2 Å². The second-order valence-corrected chi connectivity index (χ2v) is 7.88. The maximum Gasteiger partial charge on any atom is 0.329 e. The van der Waals surface area contributed by atoms with Crippen LogP contribution in [-0.4, -0.2) is 31.7 Å². The molecule has 0 unspecified atom stereocenters. The number of amides is 2. The summed E-state index contributed by atoms with van der Waals surface area (Å²) in [4.78, 5) is 24.3. The van der Waals surface area contributed by atoms with Crippen LogP contribution >= 0.6 is 23.2 Å². The van der Waals surface area contributed by atoms with E-state index >= 15 is 0 Å². The zero-order valence-electron chi connectivity index (χ0n) is 19.0. The van der Waals surface area contributed by atoms with Gasteiger partial charge in [0.05, 0.1) is 30.6 Å². The van der Waals surface area contributed by atoms with E-state index in [4.69, 9.17) is 37.4 Å². The number of para-hydroxylation sites is 2. The number of nitrogens with zero attached hydrogens (tertiary/aromatic N) is 1. The van der Waals surface area contributed by atoms with Crippen LogP contribution in [0.5, 0.6) is 17.2 Å². The van der Waals surface area contributed by atoms with Crippen molar-refractivity contribution in [3.63, 3.8) is 0 Å². The van der Waals surface area contributed by atoms with Crippen molar-refractivity contribution in [2.24, 2.45) is 5.10 Å². The van der Waals surface area contributed by atoms with E-state index in [-0.39, 0.29) is 11.6 Å². The number of anilines is 1. The van der Waals surface area contributed by atoms with Crippen molar-refractivity contribution >= 4 is 46.9 Å². The first-order chi connectivity index (χ1) is 16.9. The Labute approximate surface area is 212 Å². The SMILES string of the molecule is CCOc1ccccc1NC(=O)C(=O)N/N=C\c1cc(Cl)c(OCc2ccc(Cl)cc2)c(OC)c1. The van der Waals surface area contributed by atoms with Crippen LogP contribution in [-0.2, 0) is 16.2 Å². The van der Waals surface area contributed by atoms with Gasteiger partial charge in [-0.2, -0.15) is 5.10 Å². The largest absolute Gasteiger partial charge is 0.493 e. The Hall–Kier alpha value is -3.75. The topological polar surface area (TPSA) is 98.2 Å². The van der Waals surface area contributed by atoms with Crippen molar-refractivity contribution < 1.29 is 23.8 Å². The summed E-state index contributed by atoms with van der Waals surface area (Å²) in [6, 6.07) is 17.3. The highest BCUT2D eigenvalue weighted by atomic mass is 35.5. The molecule has 10 heteroatoms. The van der Waals surface area contributed by atoms with E-state index in [2.05, 4.69) is 15.8 Å². The number of ether oxygens (including phenoxy) is 3. The molecule has 0 heterocycles. The molecule has 0 aromatic heterocycles. The van der Waals surface area contributed by atoms with E-state index in [0.717, 1.165) is 5.56 Å². The summed E-state index contributed by atoms with van der Waals surface area (Å²) >= 11 is 12.3. The number of methoxy groups -OCH3 is 1. The molecule has 8 nitrogen and oxygen atoms in total. The first kappa shape index (κ1) is 25.9. The Balaban J connectivity index is 1.62. The molecule has 0 saturated carbocycles. The third-order valence-corrected chi connectivity index (χ3v) is 5.10. The smallest absolute Gasteiger partial charge is 0.329 e. The lowest BCUT2D eigenvalue weighted by Crippen LogP contribution is -2.32. The van der Waals surface area contributed by atoms with Gasteiger partial charge in [-0.15, -0.1) is 0 Å².